The van der Waals surface area contributed by atoms with Gasteiger partial charge in [-0.1, -0.05) is 28.1 Å². The zero-order valence-corrected chi connectivity index (χ0v) is 16.4. The van der Waals surface area contributed by atoms with Gasteiger partial charge in [-0.05, 0) is 49.2 Å². The Kier molecular flexibility index (Phi) is 6.84. The third-order valence-corrected chi connectivity index (χ3v) is 4.69. The predicted molar refractivity (Wildman–Crippen MR) is 109 cm³/mol. The summed E-state index contributed by atoms with van der Waals surface area (Å²) in [5.74, 6) is -0.311. The molecule has 142 valence electrons. The number of carbonyl (C=O) groups excluding carboxylic acids is 2. The monoisotopic (exact) mass is 431 g/mol. The number of rotatable bonds is 7. The van der Waals surface area contributed by atoms with Crippen LogP contribution in [0.4, 0.5) is 11.4 Å². The maximum absolute atomic E-state index is 12.3. The molecule has 1 heterocycles. The van der Waals surface area contributed by atoms with Gasteiger partial charge in [0.25, 0.3) is 5.91 Å². The van der Waals surface area contributed by atoms with Crippen LogP contribution in [0.3, 0.4) is 0 Å². The second-order valence-corrected chi connectivity index (χ2v) is 7.25. The fourth-order valence-electron chi connectivity index (χ4n) is 2.84. The van der Waals surface area contributed by atoms with Crippen LogP contribution >= 0.6 is 15.9 Å². The summed E-state index contributed by atoms with van der Waals surface area (Å²) in [6.07, 6.45) is 2.13. The Hall–Kier alpha value is -2.38. The summed E-state index contributed by atoms with van der Waals surface area (Å²) >= 11 is 3.37. The third kappa shape index (κ3) is 6.08. The standard InChI is InChI=1S/C20H22BrN3O3/c21-15-5-2-7-17(11-15)24-19(25)13-22-16-6-1-4-14(10-16)20(26)23-12-18-8-3-9-27-18/h1-2,4-7,10-11,18,22H,3,8-9,12-13H2,(H,23,26)(H,24,25). The molecule has 0 spiro atoms. The quantitative estimate of drug-likeness (QED) is 0.627. The number of ether oxygens (including phenoxy) is 1. The van der Waals surface area contributed by atoms with Crippen molar-refractivity contribution in [3.63, 3.8) is 0 Å². The fourth-order valence-corrected chi connectivity index (χ4v) is 3.24. The molecule has 7 heteroatoms. The topological polar surface area (TPSA) is 79.5 Å². The van der Waals surface area contributed by atoms with Crippen molar-refractivity contribution < 1.29 is 14.3 Å². The molecular weight excluding hydrogens is 410 g/mol. The molecule has 0 aliphatic carbocycles. The summed E-state index contributed by atoms with van der Waals surface area (Å²) in [4.78, 5) is 24.4. The molecule has 3 rings (SSSR count). The van der Waals surface area contributed by atoms with Crippen LogP contribution in [0.1, 0.15) is 23.2 Å². The Labute approximate surface area is 166 Å². The second kappa shape index (κ2) is 9.53. The highest BCUT2D eigenvalue weighted by molar-refractivity contribution is 9.10. The van der Waals surface area contributed by atoms with E-state index in [9.17, 15) is 9.59 Å². The van der Waals surface area contributed by atoms with Gasteiger partial charge in [0.05, 0.1) is 12.6 Å². The second-order valence-electron chi connectivity index (χ2n) is 6.34. The summed E-state index contributed by atoms with van der Waals surface area (Å²) in [5.41, 5.74) is 1.98. The lowest BCUT2D eigenvalue weighted by molar-refractivity contribution is -0.114. The van der Waals surface area contributed by atoms with Gasteiger partial charge < -0.3 is 20.7 Å². The first kappa shape index (κ1) is 19.4. The first-order valence-corrected chi connectivity index (χ1v) is 9.68. The first-order chi connectivity index (χ1) is 13.1. The smallest absolute Gasteiger partial charge is 0.251 e. The minimum absolute atomic E-state index is 0.105. The van der Waals surface area contributed by atoms with E-state index >= 15 is 0 Å². The normalized spacial score (nSPS) is 16.0. The van der Waals surface area contributed by atoms with E-state index in [0.717, 1.165) is 29.6 Å². The minimum Gasteiger partial charge on any atom is -0.376 e. The highest BCUT2D eigenvalue weighted by atomic mass is 79.9. The number of hydrogen-bond acceptors (Lipinski definition) is 4. The van der Waals surface area contributed by atoms with E-state index in [-0.39, 0.29) is 24.5 Å². The van der Waals surface area contributed by atoms with Crippen molar-refractivity contribution in [1.29, 1.82) is 0 Å². The highest BCUT2D eigenvalue weighted by Gasteiger charge is 2.16. The van der Waals surface area contributed by atoms with Gasteiger partial charge in [-0.3, -0.25) is 9.59 Å². The fraction of sp³-hybridized carbons (Fsp3) is 0.300. The van der Waals surface area contributed by atoms with Crippen LogP contribution in [0.15, 0.2) is 53.0 Å². The van der Waals surface area contributed by atoms with Gasteiger partial charge in [-0.15, -0.1) is 0 Å². The Balaban J connectivity index is 1.49. The van der Waals surface area contributed by atoms with E-state index < -0.39 is 0 Å². The van der Waals surface area contributed by atoms with E-state index in [1.165, 1.54) is 0 Å². The summed E-state index contributed by atoms with van der Waals surface area (Å²) < 4.78 is 6.41. The van der Waals surface area contributed by atoms with E-state index in [0.29, 0.717) is 17.8 Å². The lowest BCUT2D eigenvalue weighted by atomic mass is 10.1. The van der Waals surface area contributed by atoms with Crippen LogP contribution in [0.2, 0.25) is 0 Å². The third-order valence-electron chi connectivity index (χ3n) is 4.20. The first-order valence-electron chi connectivity index (χ1n) is 8.89. The molecule has 1 saturated heterocycles. The summed E-state index contributed by atoms with van der Waals surface area (Å²) in [6, 6.07) is 14.5. The molecule has 1 unspecified atom stereocenters. The SMILES string of the molecule is O=C(CNc1cccc(C(=O)NCC2CCCO2)c1)Nc1cccc(Br)c1. The van der Waals surface area contributed by atoms with Crippen molar-refractivity contribution in [1.82, 2.24) is 5.32 Å². The predicted octanol–water partition coefficient (Wildman–Crippen LogP) is 3.41. The van der Waals surface area contributed by atoms with Crippen molar-refractivity contribution in [3.05, 3.63) is 58.6 Å². The zero-order valence-electron chi connectivity index (χ0n) is 14.8. The van der Waals surface area contributed by atoms with Gasteiger partial charge in [0.15, 0.2) is 0 Å². The molecule has 0 aromatic heterocycles. The number of carbonyl (C=O) groups is 2. The molecule has 1 atom stereocenters. The zero-order chi connectivity index (χ0) is 19.1. The van der Waals surface area contributed by atoms with Gasteiger partial charge >= 0.3 is 0 Å². The molecule has 1 aliphatic heterocycles. The van der Waals surface area contributed by atoms with Gasteiger partial charge in [-0.2, -0.15) is 0 Å². The maximum Gasteiger partial charge on any atom is 0.251 e. The Morgan fingerprint density at radius 1 is 1.11 bits per heavy atom. The van der Waals surface area contributed by atoms with Crippen LogP contribution in [0.25, 0.3) is 0 Å². The Morgan fingerprint density at radius 2 is 1.93 bits per heavy atom. The van der Waals surface area contributed by atoms with Gasteiger partial charge in [0.1, 0.15) is 0 Å². The molecule has 6 nitrogen and oxygen atoms in total. The van der Waals surface area contributed by atoms with E-state index in [1.54, 1.807) is 18.2 Å². The number of nitrogens with one attached hydrogen (secondary N) is 3. The van der Waals surface area contributed by atoms with E-state index in [4.69, 9.17) is 4.74 Å². The van der Waals surface area contributed by atoms with Crippen LogP contribution in [-0.2, 0) is 9.53 Å². The lowest BCUT2D eigenvalue weighted by Crippen LogP contribution is -2.31. The molecule has 2 aromatic carbocycles. The minimum atomic E-state index is -0.165. The van der Waals surface area contributed by atoms with Crippen molar-refractivity contribution in [3.8, 4) is 0 Å². The molecule has 3 N–H and O–H groups in total. The molecule has 0 saturated carbocycles. The molecule has 1 fully saturated rings. The van der Waals surface area contributed by atoms with Gasteiger partial charge in [0, 0.05) is 34.6 Å². The van der Waals surface area contributed by atoms with Crippen molar-refractivity contribution >= 4 is 39.1 Å². The molecule has 2 aromatic rings. The summed E-state index contributed by atoms with van der Waals surface area (Å²) in [6.45, 7) is 1.39. The molecule has 0 radical (unpaired) electrons. The Morgan fingerprint density at radius 3 is 2.70 bits per heavy atom. The maximum atomic E-state index is 12.3. The molecular formula is C20H22BrN3O3. The van der Waals surface area contributed by atoms with Gasteiger partial charge in [0.2, 0.25) is 5.91 Å². The van der Waals surface area contributed by atoms with Crippen LogP contribution in [0, 0.1) is 0 Å². The van der Waals surface area contributed by atoms with Crippen LogP contribution < -0.4 is 16.0 Å². The van der Waals surface area contributed by atoms with Crippen LogP contribution in [0.5, 0.6) is 0 Å². The number of halogens is 1. The number of benzene rings is 2. The average Bonchev–Trinajstić information content (AvgIpc) is 3.18. The van der Waals surface area contributed by atoms with Crippen molar-refractivity contribution in [2.75, 3.05) is 30.3 Å². The molecule has 2 amide bonds. The summed E-state index contributed by atoms with van der Waals surface area (Å²) in [5, 5.41) is 8.76. The lowest BCUT2D eigenvalue weighted by Gasteiger charge is -2.12. The number of anilines is 2. The molecule has 1 aliphatic rings. The highest BCUT2D eigenvalue weighted by Crippen LogP contribution is 2.16. The summed E-state index contributed by atoms with van der Waals surface area (Å²) in [7, 11) is 0. The van der Waals surface area contributed by atoms with Crippen LogP contribution in [-0.4, -0.2) is 37.6 Å². The molecule has 27 heavy (non-hydrogen) atoms. The molecule has 0 bridgehead atoms. The van der Waals surface area contributed by atoms with E-state index in [2.05, 4.69) is 31.9 Å². The number of amides is 2. The van der Waals surface area contributed by atoms with E-state index in [1.807, 2.05) is 30.3 Å². The Bertz CT molecular complexity index is 807. The van der Waals surface area contributed by atoms with Crippen molar-refractivity contribution in [2.24, 2.45) is 0 Å². The van der Waals surface area contributed by atoms with Crippen molar-refractivity contribution in [2.45, 2.75) is 18.9 Å². The van der Waals surface area contributed by atoms with Gasteiger partial charge in [-0.25, -0.2) is 0 Å². The largest absolute Gasteiger partial charge is 0.376 e. The average molecular weight is 432 g/mol. The number of hydrogen-bond donors (Lipinski definition) is 3.